The first-order valence-electron chi connectivity index (χ1n) is 9.38. The minimum Gasteiger partial charge on any atom is -0.444 e. The van der Waals surface area contributed by atoms with Crippen LogP contribution in [0.2, 0.25) is 15.1 Å². The predicted molar refractivity (Wildman–Crippen MR) is 118 cm³/mol. The average Bonchev–Trinajstić information content (AvgIpc) is 2.78. The SMILES string of the molecule is NCCCC[C@@H](C(=O)Oc1ccc(Cl)c(Cl)c1Cl)N(C=O)C(=O)OCc1ccccc1. The zero-order valence-corrected chi connectivity index (χ0v) is 18.7. The van der Waals surface area contributed by atoms with E-state index < -0.39 is 18.1 Å². The van der Waals surface area contributed by atoms with Crippen molar-refractivity contribution in [3.8, 4) is 5.75 Å². The Morgan fingerprint density at radius 1 is 1.03 bits per heavy atom. The van der Waals surface area contributed by atoms with E-state index in [4.69, 9.17) is 50.0 Å². The molecular weight excluding hydrogens is 467 g/mol. The van der Waals surface area contributed by atoms with Crippen LogP contribution in [-0.2, 0) is 20.9 Å². The van der Waals surface area contributed by atoms with Crippen molar-refractivity contribution in [2.75, 3.05) is 6.54 Å². The van der Waals surface area contributed by atoms with Gasteiger partial charge in [0.1, 0.15) is 17.7 Å². The Morgan fingerprint density at radius 2 is 1.74 bits per heavy atom. The van der Waals surface area contributed by atoms with Gasteiger partial charge in [-0.3, -0.25) is 4.79 Å². The fourth-order valence-electron chi connectivity index (χ4n) is 2.65. The molecule has 0 fully saturated rings. The number of ether oxygens (including phenoxy) is 2. The molecule has 2 aromatic carbocycles. The molecule has 0 aliphatic carbocycles. The number of hydrogen-bond acceptors (Lipinski definition) is 6. The van der Waals surface area contributed by atoms with E-state index in [9.17, 15) is 14.4 Å². The number of nitrogens with zero attached hydrogens (tertiary/aromatic N) is 1. The molecule has 7 nitrogen and oxygen atoms in total. The summed E-state index contributed by atoms with van der Waals surface area (Å²) in [5, 5.41) is 0.139. The fourth-order valence-corrected chi connectivity index (χ4v) is 3.22. The van der Waals surface area contributed by atoms with Crippen molar-refractivity contribution in [1.29, 1.82) is 0 Å². The molecule has 31 heavy (non-hydrogen) atoms. The molecule has 2 N–H and O–H groups in total. The second-order valence-corrected chi connectivity index (χ2v) is 7.61. The molecule has 0 aromatic heterocycles. The maximum absolute atomic E-state index is 12.8. The standard InChI is InChI=1S/C21H21Cl3N2O5/c22-15-9-10-17(19(24)18(15)23)31-20(28)16(8-4-5-11-25)26(13-27)21(29)30-12-14-6-2-1-3-7-14/h1-3,6-7,9-10,13,16H,4-5,8,11-12,25H2/t16-/m0/s1. The van der Waals surface area contributed by atoms with Crippen molar-refractivity contribution >= 4 is 53.3 Å². The van der Waals surface area contributed by atoms with Crippen LogP contribution in [0.15, 0.2) is 42.5 Å². The van der Waals surface area contributed by atoms with E-state index in [0.717, 1.165) is 5.56 Å². The quantitative estimate of drug-likeness (QED) is 0.169. The number of nitrogens with two attached hydrogens (primary N) is 1. The molecule has 2 rings (SSSR count). The summed E-state index contributed by atoms with van der Waals surface area (Å²) in [4.78, 5) is 37.7. The molecule has 0 aliphatic rings. The third kappa shape index (κ3) is 7.11. The summed E-state index contributed by atoms with van der Waals surface area (Å²) < 4.78 is 10.5. The zero-order chi connectivity index (χ0) is 22.8. The minimum absolute atomic E-state index is 0.0165. The number of carbonyl (C=O) groups is 3. The van der Waals surface area contributed by atoms with Crippen LogP contribution in [-0.4, -0.2) is 36.0 Å². The number of carbonyl (C=O) groups excluding carboxylic acids is 3. The van der Waals surface area contributed by atoms with Crippen LogP contribution < -0.4 is 10.5 Å². The third-order valence-corrected chi connectivity index (χ3v) is 5.56. The normalized spacial score (nSPS) is 11.5. The van der Waals surface area contributed by atoms with E-state index in [0.29, 0.717) is 24.3 Å². The Hall–Kier alpha value is -2.32. The summed E-state index contributed by atoms with van der Waals surface area (Å²) in [7, 11) is 0. The topological polar surface area (TPSA) is 98.9 Å². The maximum Gasteiger partial charge on any atom is 0.417 e. The zero-order valence-electron chi connectivity index (χ0n) is 16.4. The van der Waals surface area contributed by atoms with Crippen molar-refractivity contribution < 1.29 is 23.9 Å². The highest BCUT2D eigenvalue weighted by Crippen LogP contribution is 2.37. The van der Waals surface area contributed by atoms with Crippen LogP contribution in [0, 0.1) is 0 Å². The van der Waals surface area contributed by atoms with Gasteiger partial charge in [-0.15, -0.1) is 0 Å². The predicted octanol–water partition coefficient (Wildman–Crippen LogP) is 4.85. The lowest BCUT2D eigenvalue weighted by atomic mass is 10.1. The van der Waals surface area contributed by atoms with Crippen LogP contribution in [0.5, 0.6) is 5.75 Å². The summed E-state index contributed by atoms with van der Waals surface area (Å²) in [6.45, 7) is 0.327. The molecular formula is C21H21Cl3N2O5. The highest BCUT2D eigenvalue weighted by Gasteiger charge is 2.33. The molecule has 0 saturated heterocycles. The van der Waals surface area contributed by atoms with Crippen LogP contribution >= 0.6 is 34.8 Å². The Kier molecular flexibility index (Phi) is 10.1. The van der Waals surface area contributed by atoms with Crippen LogP contribution in [0.3, 0.4) is 0 Å². The first kappa shape index (κ1) is 24.9. The van der Waals surface area contributed by atoms with Gasteiger partial charge in [0.15, 0.2) is 5.75 Å². The lowest BCUT2D eigenvalue weighted by Gasteiger charge is -2.24. The highest BCUT2D eigenvalue weighted by molar-refractivity contribution is 6.48. The molecule has 10 heteroatoms. The van der Waals surface area contributed by atoms with Gasteiger partial charge < -0.3 is 15.2 Å². The summed E-state index contributed by atoms with van der Waals surface area (Å²) >= 11 is 17.9. The summed E-state index contributed by atoms with van der Waals surface area (Å²) in [6.07, 6.45) is 0.450. The van der Waals surface area contributed by atoms with E-state index >= 15 is 0 Å². The monoisotopic (exact) mass is 486 g/mol. The van der Waals surface area contributed by atoms with E-state index in [2.05, 4.69) is 0 Å². The molecule has 0 bridgehead atoms. The van der Waals surface area contributed by atoms with Gasteiger partial charge in [0.25, 0.3) is 0 Å². The molecule has 2 amide bonds. The fraction of sp³-hybridized carbons (Fsp3) is 0.286. The average molecular weight is 488 g/mol. The van der Waals surface area contributed by atoms with Crippen molar-refractivity contribution in [3.05, 3.63) is 63.1 Å². The number of hydrogen-bond donors (Lipinski definition) is 1. The number of amides is 2. The summed E-state index contributed by atoms with van der Waals surface area (Å²) in [5.74, 6) is -0.922. The molecule has 0 heterocycles. The summed E-state index contributed by atoms with van der Waals surface area (Å²) in [6, 6.07) is 10.5. The van der Waals surface area contributed by atoms with Gasteiger partial charge in [0.05, 0.1) is 10.0 Å². The van der Waals surface area contributed by atoms with E-state index in [-0.39, 0.29) is 40.3 Å². The molecule has 0 spiro atoms. The largest absolute Gasteiger partial charge is 0.444 e. The van der Waals surface area contributed by atoms with Crippen molar-refractivity contribution in [2.24, 2.45) is 5.73 Å². The lowest BCUT2D eigenvalue weighted by molar-refractivity contribution is -0.143. The van der Waals surface area contributed by atoms with Gasteiger partial charge in [-0.05, 0) is 43.5 Å². The van der Waals surface area contributed by atoms with Gasteiger partial charge in [0.2, 0.25) is 6.41 Å². The molecule has 0 aliphatic heterocycles. The smallest absolute Gasteiger partial charge is 0.417 e. The molecule has 2 aromatic rings. The highest BCUT2D eigenvalue weighted by atomic mass is 35.5. The maximum atomic E-state index is 12.8. The molecule has 0 radical (unpaired) electrons. The first-order chi connectivity index (χ1) is 14.9. The third-order valence-electron chi connectivity index (χ3n) is 4.28. The van der Waals surface area contributed by atoms with Crippen LogP contribution in [0.25, 0.3) is 0 Å². The lowest BCUT2D eigenvalue weighted by Crippen LogP contribution is -2.46. The minimum atomic E-state index is -1.24. The number of benzene rings is 2. The van der Waals surface area contributed by atoms with Gasteiger partial charge in [-0.25, -0.2) is 14.5 Å². The van der Waals surface area contributed by atoms with Crippen LogP contribution in [0.4, 0.5) is 4.79 Å². The second-order valence-electron chi connectivity index (χ2n) is 6.45. The van der Waals surface area contributed by atoms with Gasteiger partial charge in [0, 0.05) is 0 Å². The molecule has 0 unspecified atom stereocenters. The number of esters is 1. The van der Waals surface area contributed by atoms with Gasteiger partial charge >= 0.3 is 12.1 Å². The second kappa shape index (κ2) is 12.5. The molecule has 166 valence electrons. The van der Waals surface area contributed by atoms with E-state index in [1.165, 1.54) is 12.1 Å². The number of halogens is 3. The Bertz CT molecular complexity index is 911. The van der Waals surface area contributed by atoms with Gasteiger partial charge in [-0.2, -0.15) is 0 Å². The molecule has 1 atom stereocenters. The van der Waals surface area contributed by atoms with Crippen molar-refractivity contribution in [3.63, 3.8) is 0 Å². The number of unbranched alkanes of at least 4 members (excludes halogenated alkanes) is 1. The molecule has 0 saturated carbocycles. The van der Waals surface area contributed by atoms with Crippen LogP contribution in [0.1, 0.15) is 24.8 Å². The Labute approximate surface area is 194 Å². The number of imide groups is 1. The number of rotatable bonds is 10. The van der Waals surface area contributed by atoms with Gasteiger partial charge in [-0.1, -0.05) is 65.1 Å². The van der Waals surface area contributed by atoms with Crippen molar-refractivity contribution in [1.82, 2.24) is 4.90 Å². The first-order valence-corrected chi connectivity index (χ1v) is 10.5. The van der Waals surface area contributed by atoms with E-state index in [1.807, 2.05) is 6.07 Å². The Balaban J connectivity index is 2.17. The summed E-state index contributed by atoms with van der Waals surface area (Å²) in [5.41, 5.74) is 6.24. The Morgan fingerprint density at radius 3 is 2.39 bits per heavy atom. The van der Waals surface area contributed by atoms with Crippen molar-refractivity contribution in [2.45, 2.75) is 31.9 Å². The van der Waals surface area contributed by atoms with E-state index in [1.54, 1.807) is 24.3 Å².